The van der Waals surface area contributed by atoms with E-state index in [1.54, 1.807) is 0 Å². The standard InChI is InChI=1S/C34H52N2O11/c1-17(4-6-21(30(42)43)31(44)45)22-8-9-23-20-7-5-18-14-19(10-12-33(18,2)24(20)11-13-34(22,23)3)47-32(46)26(16-28(39)40)36-29(41)25(35)15-27(37)38/h17-26H,4-16,35H2,1-3H3,(H,36,41)(H,37,38)(H,39,40)(H,42,43)(H,44,45)/t17-,18?,19-,20?,22?,23?,24?,25+,26+,33+,34-/m1/s1. The minimum atomic E-state index is -1.48. The zero-order chi connectivity index (χ0) is 34.8. The van der Waals surface area contributed by atoms with E-state index >= 15 is 0 Å². The fraction of sp³-hybridized carbons (Fsp3) is 0.824. The number of nitrogens with two attached hydrogens (primary N) is 1. The summed E-state index contributed by atoms with van der Waals surface area (Å²) >= 11 is 0. The fourth-order valence-corrected chi connectivity index (χ4v) is 10.5. The Morgan fingerprint density at radius 2 is 1.43 bits per heavy atom. The molecule has 4 aliphatic carbocycles. The molecule has 0 bridgehead atoms. The molecule has 13 nitrogen and oxygen atoms in total. The molecule has 5 unspecified atom stereocenters. The average molecular weight is 665 g/mol. The Balaban J connectivity index is 1.37. The van der Waals surface area contributed by atoms with Crippen molar-refractivity contribution < 1.29 is 53.9 Å². The van der Waals surface area contributed by atoms with Gasteiger partial charge in [-0.05, 0) is 117 Å². The summed E-state index contributed by atoms with van der Waals surface area (Å²) in [6.07, 6.45) is 7.54. The maximum absolute atomic E-state index is 13.1. The number of fused-ring (bicyclic) bond motifs is 5. The van der Waals surface area contributed by atoms with Crippen molar-refractivity contribution in [2.45, 2.75) is 122 Å². The Bertz CT molecular complexity index is 1230. The van der Waals surface area contributed by atoms with Crippen LogP contribution in [0.3, 0.4) is 0 Å². The third-order valence-corrected chi connectivity index (χ3v) is 12.9. The first-order valence-corrected chi connectivity index (χ1v) is 17.1. The van der Waals surface area contributed by atoms with Crippen LogP contribution < -0.4 is 11.1 Å². The summed E-state index contributed by atoms with van der Waals surface area (Å²) in [6.45, 7) is 6.93. The first-order chi connectivity index (χ1) is 22.0. The topological polar surface area (TPSA) is 231 Å². The van der Waals surface area contributed by atoms with Crippen LogP contribution in [0.25, 0.3) is 0 Å². The highest BCUT2D eigenvalue weighted by molar-refractivity contribution is 5.93. The molecule has 7 N–H and O–H groups in total. The van der Waals surface area contributed by atoms with Gasteiger partial charge in [0.25, 0.3) is 0 Å². The van der Waals surface area contributed by atoms with Crippen LogP contribution in [-0.2, 0) is 33.5 Å². The molecule has 264 valence electrons. The zero-order valence-electron chi connectivity index (χ0n) is 27.7. The average Bonchev–Trinajstić information content (AvgIpc) is 3.33. The summed E-state index contributed by atoms with van der Waals surface area (Å²) in [7, 11) is 0. The number of carboxylic acid groups (broad SMARTS) is 4. The maximum atomic E-state index is 13.1. The number of aliphatic carboxylic acids is 4. The number of carboxylic acids is 4. The normalized spacial score (nSPS) is 34.9. The number of ether oxygens (including phenoxy) is 1. The van der Waals surface area contributed by atoms with Gasteiger partial charge in [0.2, 0.25) is 5.91 Å². The summed E-state index contributed by atoms with van der Waals surface area (Å²) in [4.78, 5) is 70.7. The van der Waals surface area contributed by atoms with Gasteiger partial charge in [0.1, 0.15) is 12.1 Å². The molecule has 0 aromatic rings. The van der Waals surface area contributed by atoms with Gasteiger partial charge in [-0.1, -0.05) is 20.8 Å². The predicted octanol–water partition coefficient (Wildman–Crippen LogP) is 3.52. The second-order valence-corrected chi connectivity index (χ2v) is 15.4. The molecule has 47 heavy (non-hydrogen) atoms. The highest BCUT2D eigenvalue weighted by atomic mass is 16.5. The number of carbonyl (C=O) groups excluding carboxylic acids is 2. The fourth-order valence-electron chi connectivity index (χ4n) is 10.5. The van der Waals surface area contributed by atoms with Crippen molar-refractivity contribution in [3.63, 3.8) is 0 Å². The van der Waals surface area contributed by atoms with Crippen LogP contribution in [0.2, 0.25) is 0 Å². The van der Waals surface area contributed by atoms with Crippen LogP contribution in [-0.4, -0.2) is 74.4 Å². The van der Waals surface area contributed by atoms with Crippen LogP contribution in [0.4, 0.5) is 0 Å². The Hall–Kier alpha value is -3.22. The maximum Gasteiger partial charge on any atom is 0.329 e. The second-order valence-electron chi connectivity index (χ2n) is 15.4. The number of rotatable bonds is 14. The highest BCUT2D eigenvalue weighted by Gasteiger charge is 2.61. The van der Waals surface area contributed by atoms with Crippen molar-refractivity contribution >= 4 is 35.8 Å². The lowest BCUT2D eigenvalue weighted by atomic mass is 9.44. The van der Waals surface area contributed by atoms with Gasteiger partial charge in [-0.25, -0.2) is 4.79 Å². The summed E-state index contributed by atoms with van der Waals surface area (Å²) < 4.78 is 5.79. The van der Waals surface area contributed by atoms with Crippen molar-refractivity contribution in [1.82, 2.24) is 5.32 Å². The van der Waals surface area contributed by atoms with E-state index in [1.807, 2.05) is 0 Å². The molecule has 0 aliphatic heterocycles. The van der Waals surface area contributed by atoms with Gasteiger partial charge in [0.15, 0.2) is 5.92 Å². The van der Waals surface area contributed by atoms with E-state index in [-0.39, 0.29) is 23.2 Å². The first kappa shape index (κ1) is 36.6. The van der Waals surface area contributed by atoms with Crippen LogP contribution in [0, 0.1) is 52.3 Å². The summed E-state index contributed by atoms with van der Waals surface area (Å²) in [5, 5.41) is 39.2. The van der Waals surface area contributed by atoms with E-state index < -0.39 is 72.7 Å². The third kappa shape index (κ3) is 7.76. The minimum absolute atomic E-state index is 0.0747. The van der Waals surface area contributed by atoms with Crippen LogP contribution >= 0.6 is 0 Å². The second kappa shape index (κ2) is 14.5. The van der Waals surface area contributed by atoms with Crippen LogP contribution in [0.1, 0.15) is 104 Å². The van der Waals surface area contributed by atoms with Crippen molar-refractivity contribution in [2.24, 2.45) is 58.0 Å². The lowest BCUT2D eigenvalue weighted by Crippen LogP contribution is -2.55. The molecule has 0 aromatic carbocycles. The van der Waals surface area contributed by atoms with Crippen LogP contribution in [0.15, 0.2) is 0 Å². The van der Waals surface area contributed by atoms with Crippen molar-refractivity contribution in [3.05, 3.63) is 0 Å². The van der Waals surface area contributed by atoms with Gasteiger partial charge >= 0.3 is 29.8 Å². The van der Waals surface area contributed by atoms with Crippen molar-refractivity contribution in [2.75, 3.05) is 0 Å². The SMILES string of the molecule is C[C@H](CCC(C(=O)O)C(=O)O)C1CCC2C3CCC4C[C@H](OC(=O)[C@H](CC(=O)O)NC(=O)[C@@H](N)CC(=O)O)CC[C@]4(C)C3CC[C@@]21C. The Morgan fingerprint density at radius 1 is 0.809 bits per heavy atom. The molecule has 0 heterocycles. The molecule has 13 heteroatoms. The number of esters is 1. The molecule has 0 aromatic heterocycles. The van der Waals surface area contributed by atoms with Gasteiger partial charge in [-0.15, -0.1) is 0 Å². The molecule has 1 amide bonds. The Labute approximate surface area is 275 Å². The molecule has 0 radical (unpaired) electrons. The lowest BCUT2D eigenvalue weighted by molar-refractivity contribution is -0.167. The lowest BCUT2D eigenvalue weighted by Gasteiger charge is -2.61. The molecule has 11 atom stereocenters. The summed E-state index contributed by atoms with van der Waals surface area (Å²) in [5.41, 5.74) is 5.81. The summed E-state index contributed by atoms with van der Waals surface area (Å²) in [6, 6.07) is -2.91. The number of carbonyl (C=O) groups is 6. The number of hydrogen-bond donors (Lipinski definition) is 6. The molecule has 0 spiro atoms. The van der Waals surface area contributed by atoms with Gasteiger partial charge in [0.05, 0.1) is 18.9 Å². The van der Waals surface area contributed by atoms with E-state index in [9.17, 15) is 44.1 Å². The van der Waals surface area contributed by atoms with Crippen LogP contribution in [0.5, 0.6) is 0 Å². The zero-order valence-corrected chi connectivity index (χ0v) is 27.7. The number of nitrogens with one attached hydrogen (secondary N) is 1. The quantitative estimate of drug-likeness (QED) is 0.116. The van der Waals surface area contributed by atoms with Gasteiger partial charge in [-0.3, -0.25) is 24.0 Å². The molecular formula is C34H52N2O11. The van der Waals surface area contributed by atoms with Crippen molar-refractivity contribution in [1.29, 1.82) is 0 Å². The largest absolute Gasteiger partial charge is 0.481 e. The smallest absolute Gasteiger partial charge is 0.329 e. The van der Waals surface area contributed by atoms with Gasteiger partial charge in [0, 0.05) is 0 Å². The van der Waals surface area contributed by atoms with Gasteiger partial charge < -0.3 is 36.2 Å². The van der Waals surface area contributed by atoms with E-state index in [2.05, 4.69) is 26.1 Å². The Kier molecular flexibility index (Phi) is 11.3. The molecule has 4 saturated carbocycles. The van der Waals surface area contributed by atoms with Crippen molar-refractivity contribution in [3.8, 4) is 0 Å². The predicted molar refractivity (Wildman–Crippen MR) is 167 cm³/mol. The summed E-state index contributed by atoms with van der Waals surface area (Å²) in [5.74, 6) is -5.66. The van der Waals surface area contributed by atoms with E-state index in [4.69, 9.17) is 15.6 Å². The minimum Gasteiger partial charge on any atom is -0.481 e. The van der Waals surface area contributed by atoms with Gasteiger partial charge in [-0.2, -0.15) is 0 Å². The Morgan fingerprint density at radius 3 is 2.04 bits per heavy atom. The molecular weight excluding hydrogens is 612 g/mol. The monoisotopic (exact) mass is 664 g/mol. The molecule has 4 rings (SSSR count). The molecule has 0 saturated heterocycles. The third-order valence-electron chi connectivity index (χ3n) is 12.9. The number of amides is 1. The van der Waals surface area contributed by atoms with E-state index in [0.717, 1.165) is 44.9 Å². The van der Waals surface area contributed by atoms with E-state index in [0.29, 0.717) is 48.9 Å². The first-order valence-electron chi connectivity index (χ1n) is 17.1. The molecule has 4 fully saturated rings. The highest BCUT2D eigenvalue weighted by Crippen LogP contribution is 2.68. The van der Waals surface area contributed by atoms with E-state index in [1.165, 1.54) is 0 Å². The molecule has 4 aliphatic rings. The number of hydrogen-bond acceptors (Lipinski definition) is 8.